The fraction of sp³-hybridized carbons (Fsp3) is 0.636. The minimum absolute atomic E-state index is 0.0828. The number of nitrogens with zero attached hydrogens (tertiary/aromatic N) is 1. The molecule has 1 saturated carbocycles. The topological polar surface area (TPSA) is 40.9 Å². The second-order valence-corrected chi connectivity index (χ2v) is 3.97. The van der Waals surface area contributed by atoms with Crippen LogP contribution < -0.4 is 0 Å². The molecule has 0 N–H and O–H groups in total. The maximum Gasteiger partial charge on any atom is 0.137 e. The van der Waals surface area contributed by atoms with E-state index in [1.165, 1.54) is 0 Å². The number of carbonyl (C=O) groups excluding carboxylic acids is 1. The van der Waals surface area contributed by atoms with Gasteiger partial charge in [-0.15, -0.1) is 0 Å². The van der Waals surface area contributed by atoms with Crippen molar-refractivity contribution in [3.63, 3.8) is 0 Å². The Labute approximate surface area is 79.2 Å². The van der Waals surface area contributed by atoms with Crippen molar-refractivity contribution in [2.24, 2.45) is 17.8 Å². The van der Waals surface area contributed by atoms with Crippen molar-refractivity contribution < 1.29 is 4.79 Å². The van der Waals surface area contributed by atoms with Crippen LogP contribution in [-0.2, 0) is 4.79 Å². The van der Waals surface area contributed by atoms with Gasteiger partial charge in [-0.25, -0.2) is 0 Å². The summed E-state index contributed by atoms with van der Waals surface area (Å²) < 4.78 is 0. The van der Waals surface area contributed by atoms with Gasteiger partial charge in [0.2, 0.25) is 0 Å². The van der Waals surface area contributed by atoms with Crippen molar-refractivity contribution in [3.05, 3.63) is 12.2 Å². The number of hydrogen-bond donors (Lipinski definition) is 0. The third kappa shape index (κ3) is 1.98. The highest BCUT2D eigenvalue weighted by molar-refractivity contribution is 5.82. The summed E-state index contributed by atoms with van der Waals surface area (Å²) in [6.45, 7) is 7.63. The number of allylic oxidation sites excluding steroid dienone is 1. The van der Waals surface area contributed by atoms with E-state index in [1.54, 1.807) is 0 Å². The molecule has 0 aromatic carbocycles. The molecule has 13 heavy (non-hydrogen) atoms. The molecule has 1 aliphatic carbocycles. The number of rotatable bonds is 1. The van der Waals surface area contributed by atoms with Crippen LogP contribution in [0.4, 0.5) is 0 Å². The predicted molar refractivity (Wildman–Crippen MR) is 50.8 cm³/mol. The zero-order valence-corrected chi connectivity index (χ0v) is 8.21. The van der Waals surface area contributed by atoms with Crippen molar-refractivity contribution in [1.29, 1.82) is 5.26 Å². The number of nitriles is 1. The van der Waals surface area contributed by atoms with Crippen LogP contribution in [0, 0.1) is 29.1 Å². The van der Waals surface area contributed by atoms with Gasteiger partial charge in [0.15, 0.2) is 0 Å². The highest BCUT2D eigenvalue weighted by Gasteiger charge is 2.33. The molecule has 2 nitrogen and oxygen atoms in total. The average Bonchev–Trinajstić information content (AvgIpc) is 2.09. The quantitative estimate of drug-likeness (QED) is 0.577. The Bertz CT molecular complexity index is 274. The third-order valence-corrected chi connectivity index (χ3v) is 2.96. The Hall–Kier alpha value is -1.10. The Morgan fingerprint density at radius 2 is 2.31 bits per heavy atom. The first-order chi connectivity index (χ1) is 6.06. The van der Waals surface area contributed by atoms with Crippen molar-refractivity contribution in [1.82, 2.24) is 0 Å². The van der Waals surface area contributed by atoms with Gasteiger partial charge in [-0.1, -0.05) is 19.1 Å². The van der Waals surface area contributed by atoms with E-state index >= 15 is 0 Å². The molecule has 0 bridgehead atoms. The monoisotopic (exact) mass is 177 g/mol. The fourth-order valence-electron chi connectivity index (χ4n) is 1.79. The molecule has 1 rings (SSSR count). The number of hydrogen-bond acceptors (Lipinski definition) is 2. The zero-order valence-electron chi connectivity index (χ0n) is 8.21. The standard InChI is InChI=1S/C11H15NO/c1-7(2)9-4-10(6-12)8(3)11(13)5-9/h8-10H,1,4-5H2,2-3H3/t8-,9+,10+/m1/s1. The van der Waals surface area contributed by atoms with Crippen molar-refractivity contribution in [2.45, 2.75) is 26.7 Å². The first-order valence-electron chi connectivity index (χ1n) is 4.64. The van der Waals surface area contributed by atoms with Crippen molar-refractivity contribution in [3.8, 4) is 6.07 Å². The molecule has 0 spiro atoms. The van der Waals surface area contributed by atoms with Crippen LogP contribution in [0.3, 0.4) is 0 Å². The maximum atomic E-state index is 11.5. The summed E-state index contributed by atoms with van der Waals surface area (Å²) in [4.78, 5) is 11.5. The van der Waals surface area contributed by atoms with Crippen LogP contribution in [-0.4, -0.2) is 5.78 Å². The average molecular weight is 177 g/mol. The molecular formula is C11H15NO. The lowest BCUT2D eigenvalue weighted by molar-refractivity contribution is -0.126. The molecule has 2 heteroatoms. The predicted octanol–water partition coefficient (Wildman–Crippen LogP) is 2.32. The second-order valence-electron chi connectivity index (χ2n) is 3.97. The highest BCUT2D eigenvalue weighted by atomic mass is 16.1. The summed E-state index contributed by atoms with van der Waals surface area (Å²) in [6, 6.07) is 2.21. The smallest absolute Gasteiger partial charge is 0.137 e. The Kier molecular flexibility index (Phi) is 2.87. The van der Waals surface area contributed by atoms with E-state index in [1.807, 2.05) is 13.8 Å². The zero-order chi connectivity index (χ0) is 10.0. The summed E-state index contributed by atoms with van der Waals surface area (Å²) >= 11 is 0. The largest absolute Gasteiger partial charge is 0.299 e. The summed E-state index contributed by atoms with van der Waals surface area (Å²) in [7, 11) is 0. The van der Waals surface area contributed by atoms with Crippen LogP contribution in [0.2, 0.25) is 0 Å². The highest BCUT2D eigenvalue weighted by Crippen LogP contribution is 2.33. The van der Waals surface area contributed by atoms with Crippen LogP contribution in [0.5, 0.6) is 0 Å². The van der Waals surface area contributed by atoms with E-state index < -0.39 is 0 Å². The Balaban J connectivity index is 2.76. The van der Waals surface area contributed by atoms with Crippen LogP contribution >= 0.6 is 0 Å². The maximum absolute atomic E-state index is 11.5. The van der Waals surface area contributed by atoms with Gasteiger partial charge in [0.1, 0.15) is 5.78 Å². The van der Waals surface area contributed by atoms with Gasteiger partial charge in [0.25, 0.3) is 0 Å². The molecule has 0 saturated heterocycles. The summed E-state index contributed by atoms with van der Waals surface area (Å²) in [5.41, 5.74) is 1.03. The lowest BCUT2D eigenvalue weighted by atomic mass is 9.73. The van der Waals surface area contributed by atoms with E-state index in [4.69, 9.17) is 5.26 Å². The summed E-state index contributed by atoms with van der Waals surface area (Å²) in [5, 5.41) is 8.85. The van der Waals surface area contributed by atoms with Gasteiger partial charge in [-0.05, 0) is 19.3 Å². The lowest BCUT2D eigenvalue weighted by Gasteiger charge is -2.29. The van der Waals surface area contributed by atoms with E-state index in [9.17, 15) is 4.79 Å². The van der Waals surface area contributed by atoms with E-state index in [0.29, 0.717) is 6.42 Å². The molecule has 1 fully saturated rings. The lowest BCUT2D eigenvalue weighted by Crippen LogP contribution is -2.30. The first-order valence-corrected chi connectivity index (χ1v) is 4.64. The molecule has 0 aromatic heterocycles. The van der Waals surface area contributed by atoms with Crippen LogP contribution in [0.25, 0.3) is 0 Å². The fourth-order valence-corrected chi connectivity index (χ4v) is 1.79. The normalized spacial score (nSPS) is 33.9. The van der Waals surface area contributed by atoms with E-state index in [-0.39, 0.29) is 23.5 Å². The molecule has 0 amide bonds. The molecule has 0 aliphatic heterocycles. The van der Waals surface area contributed by atoms with Gasteiger partial charge >= 0.3 is 0 Å². The summed E-state index contributed by atoms with van der Waals surface area (Å²) in [5.74, 6) is 0.252. The van der Waals surface area contributed by atoms with E-state index in [0.717, 1.165) is 12.0 Å². The van der Waals surface area contributed by atoms with Gasteiger partial charge in [0, 0.05) is 12.3 Å². The molecule has 0 aromatic rings. The van der Waals surface area contributed by atoms with Crippen LogP contribution in [0.1, 0.15) is 26.7 Å². The molecular weight excluding hydrogens is 162 g/mol. The minimum atomic E-state index is -0.108. The molecule has 1 aliphatic rings. The minimum Gasteiger partial charge on any atom is -0.299 e. The van der Waals surface area contributed by atoms with Crippen LogP contribution in [0.15, 0.2) is 12.2 Å². The molecule has 0 radical (unpaired) electrons. The number of carbonyl (C=O) groups is 1. The Morgan fingerprint density at radius 3 is 2.77 bits per heavy atom. The first kappa shape index (κ1) is 9.98. The number of ketones is 1. The molecule has 0 unspecified atom stereocenters. The molecule has 3 atom stereocenters. The van der Waals surface area contributed by atoms with Gasteiger partial charge in [-0.2, -0.15) is 5.26 Å². The van der Waals surface area contributed by atoms with Crippen molar-refractivity contribution in [2.75, 3.05) is 0 Å². The molecule has 70 valence electrons. The van der Waals surface area contributed by atoms with Gasteiger partial charge in [-0.3, -0.25) is 4.79 Å². The van der Waals surface area contributed by atoms with Gasteiger partial charge < -0.3 is 0 Å². The summed E-state index contributed by atoms with van der Waals surface area (Å²) in [6.07, 6.45) is 1.38. The van der Waals surface area contributed by atoms with E-state index in [2.05, 4.69) is 12.6 Å². The van der Waals surface area contributed by atoms with Crippen molar-refractivity contribution >= 4 is 5.78 Å². The second kappa shape index (κ2) is 3.74. The van der Waals surface area contributed by atoms with Gasteiger partial charge in [0.05, 0.1) is 12.0 Å². The number of Topliss-reactive ketones (excluding diaryl/α,β-unsaturated/α-hetero) is 1. The third-order valence-electron chi connectivity index (χ3n) is 2.96. The Morgan fingerprint density at radius 1 is 1.69 bits per heavy atom. The molecule has 0 heterocycles. The SMILES string of the molecule is C=C(C)[C@@H]1CC(=O)[C@H](C)[C@H](C#N)C1.